The number of likely N-dealkylation sites (N-methyl/N-ethyl adjacent to an activating group) is 1. The second-order valence-electron chi connectivity index (χ2n) is 6.42. The second kappa shape index (κ2) is 6.76. The molecular weight excluding hydrogens is 262 g/mol. The molecule has 0 unspecified atom stereocenters. The van der Waals surface area contributed by atoms with Gasteiger partial charge in [0.1, 0.15) is 12.4 Å². The zero-order valence-electron chi connectivity index (χ0n) is 13.4. The number of nitrogens with one attached hydrogen (secondary N) is 1. The fourth-order valence-corrected chi connectivity index (χ4v) is 2.29. The first kappa shape index (κ1) is 15.6. The maximum absolute atomic E-state index is 5.73. The van der Waals surface area contributed by atoms with Crippen LogP contribution in [-0.4, -0.2) is 35.3 Å². The van der Waals surface area contributed by atoms with Gasteiger partial charge in [0, 0.05) is 29.8 Å². The predicted molar refractivity (Wildman–Crippen MR) is 85.6 cm³/mol. The molecule has 2 aromatic rings. The minimum Gasteiger partial charge on any atom is -0.492 e. The molecule has 0 radical (unpaired) electrons. The van der Waals surface area contributed by atoms with Gasteiger partial charge < -0.3 is 4.74 Å². The van der Waals surface area contributed by atoms with Crippen LogP contribution in [0.15, 0.2) is 36.5 Å². The van der Waals surface area contributed by atoms with Gasteiger partial charge in [0.15, 0.2) is 0 Å². The van der Waals surface area contributed by atoms with Gasteiger partial charge in [0.05, 0.1) is 6.20 Å². The summed E-state index contributed by atoms with van der Waals surface area (Å²) in [6.45, 7) is 9.03. The molecule has 114 valence electrons. The molecule has 0 spiro atoms. The van der Waals surface area contributed by atoms with E-state index in [2.05, 4.69) is 42.9 Å². The number of hydrogen-bond acceptors (Lipinski definition) is 3. The molecule has 1 aromatic heterocycles. The molecule has 4 heteroatoms. The van der Waals surface area contributed by atoms with Crippen LogP contribution in [0, 0.1) is 0 Å². The Labute approximate surface area is 127 Å². The number of aromatic nitrogens is 2. The number of benzene rings is 1. The highest BCUT2D eigenvalue weighted by molar-refractivity contribution is 5.23. The van der Waals surface area contributed by atoms with Crippen LogP contribution < -0.4 is 4.74 Å². The Kier molecular flexibility index (Phi) is 5.02. The molecule has 0 aliphatic rings. The van der Waals surface area contributed by atoms with Gasteiger partial charge in [-0.3, -0.25) is 10.00 Å². The Balaban J connectivity index is 1.82. The molecule has 0 aliphatic carbocycles. The Hall–Kier alpha value is -1.81. The van der Waals surface area contributed by atoms with E-state index < -0.39 is 0 Å². The molecule has 0 fully saturated rings. The van der Waals surface area contributed by atoms with Crippen LogP contribution in [0.1, 0.15) is 32.0 Å². The highest BCUT2D eigenvalue weighted by Gasteiger charge is 2.20. The van der Waals surface area contributed by atoms with Gasteiger partial charge >= 0.3 is 0 Å². The zero-order chi connectivity index (χ0) is 15.3. The Morgan fingerprint density at radius 1 is 1.19 bits per heavy atom. The molecule has 0 saturated carbocycles. The van der Waals surface area contributed by atoms with Crippen LogP contribution in [0.4, 0.5) is 0 Å². The molecule has 2 rings (SSSR count). The first-order valence-electron chi connectivity index (χ1n) is 7.36. The number of aromatic amines is 1. The number of ether oxygens (including phenoxy) is 1. The van der Waals surface area contributed by atoms with E-state index in [1.165, 1.54) is 11.3 Å². The maximum atomic E-state index is 5.73. The third-order valence-electron chi connectivity index (χ3n) is 3.39. The average Bonchev–Trinajstić information content (AvgIpc) is 2.88. The van der Waals surface area contributed by atoms with Crippen LogP contribution in [0.5, 0.6) is 5.75 Å². The van der Waals surface area contributed by atoms with E-state index in [0.717, 1.165) is 18.8 Å². The lowest BCUT2D eigenvalue weighted by Gasteiger charge is -2.21. The Morgan fingerprint density at radius 2 is 1.90 bits per heavy atom. The van der Waals surface area contributed by atoms with Gasteiger partial charge in [-0.05, 0) is 19.2 Å². The van der Waals surface area contributed by atoms with Gasteiger partial charge in [-0.25, -0.2) is 0 Å². The molecule has 1 N–H and O–H groups in total. The average molecular weight is 287 g/mol. The maximum Gasteiger partial charge on any atom is 0.119 e. The van der Waals surface area contributed by atoms with Gasteiger partial charge in [-0.15, -0.1) is 0 Å². The summed E-state index contributed by atoms with van der Waals surface area (Å²) >= 11 is 0. The van der Waals surface area contributed by atoms with E-state index in [9.17, 15) is 0 Å². The van der Waals surface area contributed by atoms with Crippen molar-refractivity contribution in [2.45, 2.75) is 32.7 Å². The number of rotatable bonds is 6. The van der Waals surface area contributed by atoms with Crippen molar-refractivity contribution in [1.82, 2.24) is 15.1 Å². The third kappa shape index (κ3) is 4.60. The molecule has 0 saturated heterocycles. The Bertz CT molecular complexity index is 543. The van der Waals surface area contributed by atoms with E-state index in [-0.39, 0.29) is 5.41 Å². The van der Waals surface area contributed by atoms with Crippen molar-refractivity contribution in [1.29, 1.82) is 0 Å². The first-order chi connectivity index (χ1) is 9.97. The quantitative estimate of drug-likeness (QED) is 0.887. The van der Waals surface area contributed by atoms with E-state index in [0.29, 0.717) is 6.61 Å². The van der Waals surface area contributed by atoms with E-state index in [1.54, 1.807) is 0 Å². The highest BCUT2D eigenvalue weighted by atomic mass is 16.5. The molecule has 0 amide bonds. The van der Waals surface area contributed by atoms with E-state index >= 15 is 0 Å². The third-order valence-corrected chi connectivity index (χ3v) is 3.39. The monoisotopic (exact) mass is 287 g/mol. The van der Waals surface area contributed by atoms with Crippen LogP contribution in [0.2, 0.25) is 0 Å². The Morgan fingerprint density at radius 3 is 2.57 bits per heavy atom. The van der Waals surface area contributed by atoms with Crippen molar-refractivity contribution in [3.05, 3.63) is 47.8 Å². The lowest BCUT2D eigenvalue weighted by Crippen LogP contribution is -2.25. The highest BCUT2D eigenvalue weighted by Crippen LogP contribution is 2.24. The van der Waals surface area contributed by atoms with Crippen LogP contribution in [-0.2, 0) is 12.0 Å². The topological polar surface area (TPSA) is 41.1 Å². The standard InChI is InChI=1S/C17H25N3O/c1-17(2,3)16-14(12-18-19-16)13-20(4)10-11-21-15-8-6-5-7-9-15/h5-9,12H,10-11,13H2,1-4H3,(H,18,19). The minimum absolute atomic E-state index is 0.0905. The molecule has 0 bridgehead atoms. The number of para-hydroxylation sites is 1. The molecule has 0 atom stereocenters. The van der Waals surface area contributed by atoms with Crippen LogP contribution >= 0.6 is 0 Å². The minimum atomic E-state index is 0.0905. The molecule has 21 heavy (non-hydrogen) atoms. The van der Waals surface area contributed by atoms with Crippen LogP contribution in [0.3, 0.4) is 0 Å². The normalized spacial score (nSPS) is 11.9. The summed E-state index contributed by atoms with van der Waals surface area (Å²) in [5.41, 5.74) is 2.55. The number of hydrogen-bond donors (Lipinski definition) is 1. The smallest absolute Gasteiger partial charge is 0.119 e. The van der Waals surface area contributed by atoms with Crippen molar-refractivity contribution in [3.8, 4) is 5.75 Å². The van der Waals surface area contributed by atoms with Crippen molar-refractivity contribution in [3.63, 3.8) is 0 Å². The second-order valence-corrected chi connectivity index (χ2v) is 6.42. The number of nitrogens with zero attached hydrogens (tertiary/aromatic N) is 2. The van der Waals surface area contributed by atoms with Gasteiger partial charge in [0.25, 0.3) is 0 Å². The zero-order valence-corrected chi connectivity index (χ0v) is 13.4. The molecule has 4 nitrogen and oxygen atoms in total. The van der Waals surface area contributed by atoms with Crippen molar-refractivity contribution in [2.24, 2.45) is 0 Å². The molecule has 0 aliphatic heterocycles. The molecule has 1 heterocycles. The van der Waals surface area contributed by atoms with Gasteiger partial charge in [-0.2, -0.15) is 5.10 Å². The fraction of sp³-hybridized carbons (Fsp3) is 0.471. The lowest BCUT2D eigenvalue weighted by molar-refractivity contribution is 0.232. The van der Waals surface area contributed by atoms with Gasteiger partial charge in [0.2, 0.25) is 0 Å². The summed E-state index contributed by atoms with van der Waals surface area (Å²) in [4.78, 5) is 2.25. The summed E-state index contributed by atoms with van der Waals surface area (Å²) in [5, 5.41) is 7.31. The van der Waals surface area contributed by atoms with Crippen LogP contribution in [0.25, 0.3) is 0 Å². The van der Waals surface area contributed by atoms with E-state index in [4.69, 9.17) is 4.74 Å². The fourth-order valence-electron chi connectivity index (χ4n) is 2.29. The summed E-state index contributed by atoms with van der Waals surface area (Å²) < 4.78 is 5.73. The van der Waals surface area contributed by atoms with Crippen molar-refractivity contribution < 1.29 is 4.74 Å². The predicted octanol–water partition coefficient (Wildman–Crippen LogP) is 3.22. The summed E-state index contributed by atoms with van der Waals surface area (Å²) in [6, 6.07) is 9.92. The first-order valence-corrected chi connectivity index (χ1v) is 7.36. The van der Waals surface area contributed by atoms with E-state index in [1.807, 2.05) is 36.5 Å². The lowest BCUT2D eigenvalue weighted by atomic mass is 9.89. The largest absolute Gasteiger partial charge is 0.492 e. The molecular formula is C17H25N3O. The van der Waals surface area contributed by atoms with Crippen molar-refractivity contribution in [2.75, 3.05) is 20.2 Å². The molecule has 1 aromatic carbocycles. The number of H-pyrrole nitrogens is 1. The summed E-state index contributed by atoms with van der Waals surface area (Å²) in [7, 11) is 2.10. The summed E-state index contributed by atoms with van der Waals surface area (Å²) in [5.74, 6) is 0.921. The summed E-state index contributed by atoms with van der Waals surface area (Å²) in [6.07, 6.45) is 1.93. The van der Waals surface area contributed by atoms with Crippen molar-refractivity contribution >= 4 is 0 Å². The SMILES string of the molecule is CN(CCOc1ccccc1)Cc1cn[nH]c1C(C)(C)C. The van der Waals surface area contributed by atoms with Gasteiger partial charge in [-0.1, -0.05) is 39.0 Å².